The van der Waals surface area contributed by atoms with Crippen molar-refractivity contribution < 1.29 is 17.3 Å². The molecule has 0 N–H and O–H groups in total. The zero-order valence-electron chi connectivity index (χ0n) is 16.2. The molecule has 2 aromatic carbocycles. The first kappa shape index (κ1) is 20.5. The normalized spacial score (nSPS) is 13.4. The van der Waals surface area contributed by atoms with Gasteiger partial charge in [-0.1, -0.05) is 36.8 Å². The largest absolute Gasteiger partial charge is 0.488 e. The summed E-state index contributed by atoms with van der Waals surface area (Å²) in [5, 5.41) is 0. The maximum Gasteiger partial charge on any atom is 0.296 e. The molecule has 0 radical (unpaired) electrons. The predicted molar refractivity (Wildman–Crippen MR) is 104 cm³/mol. The van der Waals surface area contributed by atoms with Crippen molar-refractivity contribution in [2.24, 2.45) is 5.92 Å². The summed E-state index contributed by atoms with van der Waals surface area (Å²) < 4.78 is 35.5. The lowest BCUT2D eigenvalue weighted by atomic mass is 10.0. The lowest BCUT2D eigenvalue weighted by molar-refractivity contribution is 0.131. The van der Waals surface area contributed by atoms with E-state index in [2.05, 4.69) is 0 Å². The highest BCUT2D eigenvalue weighted by molar-refractivity contribution is 7.86. The van der Waals surface area contributed by atoms with E-state index in [1.165, 1.54) is 0 Å². The van der Waals surface area contributed by atoms with Gasteiger partial charge in [-0.3, -0.25) is 4.18 Å². The minimum absolute atomic E-state index is 0.0737. The Kier molecular flexibility index (Phi) is 6.48. The molecule has 142 valence electrons. The van der Waals surface area contributed by atoms with Crippen LogP contribution in [0.25, 0.3) is 0 Å². The van der Waals surface area contributed by atoms with Gasteiger partial charge in [-0.25, -0.2) is 0 Å². The Morgan fingerprint density at radius 2 is 1.54 bits per heavy atom. The fourth-order valence-corrected chi connectivity index (χ4v) is 3.50. The fourth-order valence-electron chi connectivity index (χ4n) is 2.49. The average Bonchev–Trinajstić information content (AvgIpc) is 2.54. The van der Waals surface area contributed by atoms with Gasteiger partial charge in [0.05, 0.1) is 11.5 Å². The number of aryl methyl sites for hydroxylation is 1. The van der Waals surface area contributed by atoms with Crippen molar-refractivity contribution in [2.45, 2.75) is 51.5 Å². The van der Waals surface area contributed by atoms with Crippen molar-refractivity contribution >= 4 is 10.1 Å². The first-order chi connectivity index (χ1) is 12.0. The number of ether oxygens (including phenoxy) is 1. The van der Waals surface area contributed by atoms with E-state index in [0.29, 0.717) is 0 Å². The molecule has 1 unspecified atom stereocenters. The monoisotopic (exact) mass is 376 g/mol. The minimum Gasteiger partial charge on any atom is -0.488 e. The van der Waals surface area contributed by atoms with Gasteiger partial charge in [0.25, 0.3) is 10.1 Å². The van der Waals surface area contributed by atoms with Crippen LogP contribution in [0, 0.1) is 12.8 Å². The zero-order chi connectivity index (χ0) is 19.4. The van der Waals surface area contributed by atoms with E-state index in [1.807, 2.05) is 58.9 Å². The van der Waals surface area contributed by atoms with Crippen LogP contribution < -0.4 is 4.74 Å². The summed E-state index contributed by atoms with van der Waals surface area (Å²) in [6.45, 7) is 10.1. The van der Waals surface area contributed by atoms with Crippen molar-refractivity contribution in [1.29, 1.82) is 0 Å². The summed E-state index contributed by atoms with van der Waals surface area (Å²) in [7, 11) is -3.71. The maximum absolute atomic E-state index is 12.2. The first-order valence-electron chi connectivity index (χ1n) is 8.79. The quantitative estimate of drug-likeness (QED) is 0.654. The molecule has 26 heavy (non-hydrogen) atoms. The molecule has 0 fully saturated rings. The predicted octanol–water partition coefficient (Wildman–Crippen LogP) is 4.76. The number of hydrogen-bond donors (Lipinski definition) is 0. The molecule has 0 heterocycles. The van der Waals surface area contributed by atoms with E-state index in [0.717, 1.165) is 23.3 Å². The van der Waals surface area contributed by atoms with E-state index in [9.17, 15) is 8.42 Å². The molecule has 0 aromatic heterocycles. The number of benzene rings is 2. The fraction of sp³-hybridized carbons (Fsp3) is 0.429. The number of rotatable bonds is 7. The Morgan fingerprint density at radius 1 is 0.962 bits per heavy atom. The second-order valence-corrected chi connectivity index (χ2v) is 9.33. The Labute approximate surface area is 157 Å². The molecular formula is C21H28O4S. The standard InChI is InChI=1S/C21H28O4S/c1-16-6-12-20(13-7-16)26(22,23)24-15-17(2)14-18-8-10-19(11-9-18)25-21(3,4)5/h6-13,17H,14-15H2,1-5H3. The van der Waals surface area contributed by atoms with Gasteiger partial charge in [0.1, 0.15) is 11.4 Å². The third-order valence-electron chi connectivity index (χ3n) is 3.75. The molecule has 4 nitrogen and oxygen atoms in total. The summed E-state index contributed by atoms with van der Waals surface area (Å²) in [5.74, 6) is 0.900. The summed E-state index contributed by atoms with van der Waals surface area (Å²) in [6, 6.07) is 14.6. The summed E-state index contributed by atoms with van der Waals surface area (Å²) >= 11 is 0. The molecule has 0 saturated heterocycles. The van der Waals surface area contributed by atoms with Gasteiger partial charge < -0.3 is 4.74 Å². The Morgan fingerprint density at radius 3 is 2.08 bits per heavy atom. The Hall–Kier alpha value is -1.85. The van der Waals surface area contributed by atoms with Crippen molar-refractivity contribution in [3.05, 3.63) is 59.7 Å². The maximum atomic E-state index is 12.2. The molecule has 1 atom stereocenters. The van der Waals surface area contributed by atoms with Crippen molar-refractivity contribution in [1.82, 2.24) is 0 Å². The average molecular weight is 377 g/mol. The van der Waals surface area contributed by atoms with Gasteiger partial charge in [0, 0.05) is 0 Å². The smallest absolute Gasteiger partial charge is 0.296 e. The second kappa shape index (κ2) is 8.23. The van der Waals surface area contributed by atoms with Crippen molar-refractivity contribution in [3.8, 4) is 5.75 Å². The van der Waals surface area contributed by atoms with Gasteiger partial charge in [-0.2, -0.15) is 8.42 Å². The van der Waals surface area contributed by atoms with Crippen LogP contribution in [-0.2, 0) is 20.7 Å². The molecule has 2 rings (SSSR count). The summed E-state index contributed by atoms with van der Waals surface area (Å²) in [6.07, 6.45) is 0.735. The van der Waals surface area contributed by atoms with Crippen LogP contribution >= 0.6 is 0 Å². The molecule has 0 aliphatic heterocycles. The highest BCUT2D eigenvalue weighted by Gasteiger charge is 2.17. The third kappa shape index (κ3) is 6.46. The molecule has 0 spiro atoms. The van der Waals surface area contributed by atoms with Crippen LogP contribution in [0.15, 0.2) is 53.4 Å². The van der Waals surface area contributed by atoms with Gasteiger partial charge in [0.15, 0.2) is 0 Å². The van der Waals surface area contributed by atoms with E-state index in [1.54, 1.807) is 24.3 Å². The molecule has 0 bridgehead atoms. The van der Waals surface area contributed by atoms with E-state index in [4.69, 9.17) is 8.92 Å². The van der Waals surface area contributed by atoms with Crippen LogP contribution in [0.5, 0.6) is 5.75 Å². The van der Waals surface area contributed by atoms with E-state index in [-0.39, 0.29) is 23.0 Å². The molecule has 0 saturated carbocycles. The SMILES string of the molecule is Cc1ccc(S(=O)(=O)OCC(C)Cc2ccc(OC(C)(C)C)cc2)cc1. The van der Waals surface area contributed by atoms with Crippen LogP contribution in [0.4, 0.5) is 0 Å². The topological polar surface area (TPSA) is 52.6 Å². The van der Waals surface area contributed by atoms with Crippen LogP contribution in [0.2, 0.25) is 0 Å². The highest BCUT2D eigenvalue weighted by Crippen LogP contribution is 2.20. The van der Waals surface area contributed by atoms with Crippen LogP contribution in [0.3, 0.4) is 0 Å². The van der Waals surface area contributed by atoms with Gasteiger partial charge >= 0.3 is 0 Å². The minimum atomic E-state index is -3.71. The van der Waals surface area contributed by atoms with E-state index < -0.39 is 10.1 Å². The molecule has 0 aliphatic carbocycles. The molecule has 2 aromatic rings. The lowest BCUT2D eigenvalue weighted by Gasteiger charge is -2.21. The highest BCUT2D eigenvalue weighted by atomic mass is 32.2. The third-order valence-corrected chi connectivity index (χ3v) is 5.04. The molecule has 5 heteroatoms. The number of hydrogen-bond acceptors (Lipinski definition) is 4. The Balaban J connectivity index is 1.90. The van der Waals surface area contributed by atoms with Gasteiger partial charge in [-0.15, -0.1) is 0 Å². The molecule has 0 aliphatic rings. The lowest BCUT2D eigenvalue weighted by Crippen LogP contribution is -2.22. The van der Waals surface area contributed by atoms with Crippen molar-refractivity contribution in [3.63, 3.8) is 0 Å². The Bertz CT molecular complexity index is 801. The summed E-state index contributed by atoms with van der Waals surface area (Å²) in [4.78, 5) is 0.194. The molecular weight excluding hydrogens is 348 g/mol. The van der Waals surface area contributed by atoms with E-state index >= 15 is 0 Å². The zero-order valence-corrected chi connectivity index (χ0v) is 17.0. The van der Waals surface area contributed by atoms with Crippen LogP contribution in [-0.4, -0.2) is 20.6 Å². The second-order valence-electron chi connectivity index (χ2n) is 7.72. The van der Waals surface area contributed by atoms with Crippen LogP contribution in [0.1, 0.15) is 38.8 Å². The first-order valence-corrected chi connectivity index (χ1v) is 10.2. The summed E-state index contributed by atoms with van der Waals surface area (Å²) in [5.41, 5.74) is 1.90. The molecule has 0 amide bonds. The van der Waals surface area contributed by atoms with Gasteiger partial charge in [-0.05, 0) is 69.9 Å². The van der Waals surface area contributed by atoms with Crippen molar-refractivity contribution in [2.75, 3.05) is 6.61 Å². The van der Waals surface area contributed by atoms with Gasteiger partial charge in [0.2, 0.25) is 0 Å².